The molecule has 0 unspecified atom stereocenters. The third-order valence-electron chi connectivity index (χ3n) is 8.80. The van der Waals surface area contributed by atoms with Gasteiger partial charge in [0, 0.05) is 56.9 Å². The number of Topliss-reactive ketones (excluding diaryl/α,β-unsaturated/α-hetero) is 1. The van der Waals surface area contributed by atoms with E-state index >= 15 is 0 Å². The molecule has 1 saturated heterocycles. The molecule has 2 aliphatic heterocycles. The number of likely N-dealkylation sites (tertiary alicyclic amines) is 1. The average molecular weight is 672 g/mol. The van der Waals surface area contributed by atoms with E-state index < -0.39 is 54.1 Å². The molecule has 3 aliphatic rings. The van der Waals surface area contributed by atoms with Gasteiger partial charge in [0.15, 0.2) is 6.10 Å². The summed E-state index contributed by atoms with van der Waals surface area (Å²) >= 11 is 0. The Morgan fingerprint density at radius 1 is 1.08 bits per heavy atom. The highest BCUT2D eigenvalue weighted by molar-refractivity contribution is 6.23. The molecule has 13 nitrogen and oxygen atoms in total. The number of esters is 1. The van der Waals surface area contributed by atoms with Crippen LogP contribution in [0.1, 0.15) is 59.8 Å². The van der Waals surface area contributed by atoms with E-state index in [9.17, 15) is 24.0 Å². The summed E-state index contributed by atoms with van der Waals surface area (Å²) in [7, 11) is 2.97. The van der Waals surface area contributed by atoms with Crippen LogP contribution in [0, 0.1) is 11.8 Å². The lowest BCUT2D eigenvalue weighted by molar-refractivity contribution is -0.368. The second-order valence-corrected chi connectivity index (χ2v) is 12.7. The third-order valence-corrected chi connectivity index (χ3v) is 8.80. The van der Waals surface area contributed by atoms with Gasteiger partial charge in [-0.25, -0.2) is 4.79 Å². The summed E-state index contributed by atoms with van der Waals surface area (Å²) in [6.45, 7) is 9.03. The number of hydrogen-bond acceptors (Lipinski definition) is 10. The Hall–Kier alpha value is -4.07. The van der Waals surface area contributed by atoms with Crippen LogP contribution < -0.4 is 16.8 Å². The van der Waals surface area contributed by atoms with Crippen LogP contribution in [0.2, 0.25) is 0 Å². The molecule has 0 aromatic carbocycles. The second kappa shape index (κ2) is 17.9. The van der Waals surface area contributed by atoms with Gasteiger partial charge in [0.05, 0.1) is 30.5 Å². The number of methoxy groups -OCH3 is 2. The van der Waals surface area contributed by atoms with Crippen molar-refractivity contribution < 1.29 is 48.7 Å². The Kier molecular flexibility index (Phi) is 14.3. The molecule has 0 radical (unpaired) electrons. The highest BCUT2D eigenvalue weighted by Gasteiger charge is 2.37. The van der Waals surface area contributed by atoms with Gasteiger partial charge in [-0.15, -0.1) is 0 Å². The van der Waals surface area contributed by atoms with Crippen molar-refractivity contribution in [1.82, 2.24) is 10.2 Å². The zero-order valence-corrected chi connectivity index (χ0v) is 28.9. The number of carbonyl (C=O) groups is 5. The highest BCUT2D eigenvalue weighted by atomic mass is 16.6. The quantitative estimate of drug-likeness (QED) is 0.196. The van der Waals surface area contributed by atoms with Crippen molar-refractivity contribution in [2.45, 2.75) is 84.2 Å². The predicted octanol–water partition coefficient (Wildman–Crippen LogP) is 2.04. The number of rotatable bonds is 8. The van der Waals surface area contributed by atoms with Gasteiger partial charge in [0.25, 0.3) is 5.91 Å². The number of hydrogen-bond donors (Lipinski definition) is 3. The van der Waals surface area contributed by atoms with Crippen LogP contribution in [0.3, 0.4) is 0 Å². The van der Waals surface area contributed by atoms with Crippen molar-refractivity contribution in [3.05, 3.63) is 58.5 Å². The molecule has 2 amide bonds. The third kappa shape index (κ3) is 9.97. The number of fused-ring (bicyclic) bond motifs is 2. The van der Waals surface area contributed by atoms with Gasteiger partial charge < -0.3 is 40.6 Å². The van der Waals surface area contributed by atoms with Crippen LogP contribution in [0.25, 0.3) is 0 Å². The predicted molar refractivity (Wildman–Crippen MR) is 177 cm³/mol. The Labute approximate surface area is 282 Å². The molecule has 0 aromatic heterocycles. The summed E-state index contributed by atoms with van der Waals surface area (Å²) in [6, 6.07) is 0. The van der Waals surface area contributed by atoms with E-state index in [1.54, 1.807) is 26.0 Å². The fraction of sp³-hybridized carbons (Fsp3) is 0.571. The fourth-order valence-electron chi connectivity index (χ4n) is 6.10. The molecule has 2 bridgehead atoms. The first-order chi connectivity index (χ1) is 22.8. The number of nitrogens with two attached hydrogens (primary N) is 1. The van der Waals surface area contributed by atoms with Gasteiger partial charge in [-0.3, -0.25) is 19.2 Å². The van der Waals surface area contributed by atoms with Crippen molar-refractivity contribution in [3.8, 4) is 0 Å². The molecule has 6 atom stereocenters. The second-order valence-electron chi connectivity index (χ2n) is 12.7. The lowest BCUT2D eigenvalue weighted by Gasteiger charge is -2.37. The molecular weight excluding hydrogens is 620 g/mol. The molecule has 0 saturated carbocycles. The summed E-state index contributed by atoms with van der Waals surface area (Å²) < 4.78 is 23.1. The number of nitrogens with one attached hydrogen (secondary N) is 1. The molecule has 0 aromatic rings. The highest BCUT2D eigenvalue weighted by Crippen LogP contribution is 2.33. The number of ketones is 2. The topological polar surface area (TPSA) is 191 Å². The Morgan fingerprint density at radius 3 is 2.38 bits per heavy atom. The number of ether oxygens (including phenoxy) is 4. The summed E-state index contributed by atoms with van der Waals surface area (Å²) in [5, 5.41) is 2.63. The summed E-state index contributed by atoms with van der Waals surface area (Å²) in [5.74, 6) is -2.35. The van der Waals surface area contributed by atoms with E-state index in [2.05, 4.69) is 11.1 Å². The van der Waals surface area contributed by atoms with E-state index in [0.29, 0.717) is 49.3 Å². The number of carbonyl (C=O) groups excluding carboxylic acids is 5. The van der Waals surface area contributed by atoms with Gasteiger partial charge in [-0.2, -0.15) is 0 Å². The van der Waals surface area contributed by atoms with Crippen LogP contribution in [0.15, 0.2) is 58.5 Å². The summed E-state index contributed by atoms with van der Waals surface area (Å²) in [5.41, 5.74) is 10.7. The van der Waals surface area contributed by atoms with Crippen LogP contribution in [-0.4, -0.2) is 92.7 Å². The smallest absolute Gasteiger partial charge is 0.405 e. The maximum atomic E-state index is 13.9. The average Bonchev–Trinajstić information content (AvgIpc) is 3.01. The molecule has 1 aliphatic carbocycles. The minimum absolute atomic E-state index is 0.0928. The van der Waals surface area contributed by atoms with E-state index in [1.807, 2.05) is 24.8 Å². The van der Waals surface area contributed by atoms with Crippen molar-refractivity contribution >= 4 is 29.5 Å². The lowest BCUT2D eigenvalue weighted by Crippen LogP contribution is -2.50. The largest absolute Gasteiger partial charge is 0.459 e. The van der Waals surface area contributed by atoms with E-state index in [0.717, 1.165) is 6.42 Å². The first kappa shape index (κ1) is 38.4. The summed E-state index contributed by atoms with van der Waals surface area (Å²) in [4.78, 5) is 67.3. The standard InChI is InChI=1S/C35H50N4O9/c1-20-16-24-30(39-14-9-15-39)26(40)19-25(31(24)42)38-34(43)21(2)10-7-11-27(45-5)32(48-35(37)44)22(3)18-23(4)33(28(17-20)46-6)47-29(41)12-8-13-36/h7,10-11,18-20,23,27-28,32-33H,8-9,12-17,36H2,1-6H3,(H2,37,44)(H,38,43)/p+1/b11-7-,21-10+,22-18+/t20-,23+,27+,28+,32+,33-/m1/s1. The number of amides is 2. The number of nitrogens with zero attached hydrogens (tertiary/aromatic N) is 1. The van der Waals surface area contributed by atoms with Crippen molar-refractivity contribution in [3.63, 3.8) is 0 Å². The Balaban J connectivity index is 2.14. The maximum Gasteiger partial charge on any atom is 0.405 e. The van der Waals surface area contributed by atoms with Crippen LogP contribution in [0.5, 0.6) is 0 Å². The lowest BCUT2D eigenvalue weighted by atomic mass is 9.84. The summed E-state index contributed by atoms with van der Waals surface area (Å²) in [6.07, 6.45) is 5.83. The SMILES string of the molecule is CO[C@H]1/C=C\C=C(/C)C(=O)NC2=CC(=O)C(N3CCC3)=C(C[C@@H](C)C[C@H](OC)[C@H](OC(=O)CCC[NH3+])[C@@H](C)/C=C(\C)[C@@H]1OC(N)=O)C2=O. The maximum absolute atomic E-state index is 13.9. The number of allylic oxidation sites excluding steroid dienone is 4. The monoisotopic (exact) mass is 671 g/mol. The van der Waals surface area contributed by atoms with Crippen LogP contribution >= 0.6 is 0 Å². The zero-order valence-electron chi connectivity index (χ0n) is 28.9. The first-order valence-electron chi connectivity index (χ1n) is 16.4. The molecule has 48 heavy (non-hydrogen) atoms. The van der Waals surface area contributed by atoms with Gasteiger partial charge in [-0.05, 0) is 44.6 Å². The minimum Gasteiger partial charge on any atom is -0.459 e. The van der Waals surface area contributed by atoms with E-state index in [4.69, 9.17) is 24.7 Å². The van der Waals surface area contributed by atoms with Crippen molar-refractivity contribution in [2.75, 3.05) is 33.9 Å². The van der Waals surface area contributed by atoms with Gasteiger partial charge >= 0.3 is 12.1 Å². The number of quaternary nitrogens is 1. The zero-order chi connectivity index (χ0) is 35.5. The first-order valence-corrected chi connectivity index (χ1v) is 16.4. The van der Waals surface area contributed by atoms with E-state index in [-0.39, 0.29) is 35.8 Å². The molecule has 2 heterocycles. The molecule has 0 spiro atoms. The molecule has 3 rings (SSSR count). The molecular formula is C35H51N4O9+. The minimum atomic E-state index is -1.01. The fourth-order valence-corrected chi connectivity index (χ4v) is 6.10. The molecule has 1 fully saturated rings. The van der Waals surface area contributed by atoms with Gasteiger partial charge in [0.2, 0.25) is 11.6 Å². The molecule has 264 valence electrons. The Bertz CT molecular complexity index is 1390. The Morgan fingerprint density at radius 2 is 1.79 bits per heavy atom. The van der Waals surface area contributed by atoms with Crippen molar-refractivity contribution in [1.29, 1.82) is 0 Å². The molecule has 6 N–H and O–H groups in total. The van der Waals surface area contributed by atoms with Crippen molar-refractivity contribution in [2.24, 2.45) is 17.6 Å². The number of primary amides is 1. The van der Waals surface area contributed by atoms with Crippen LogP contribution in [-0.2, 0) is 38.1 Å². The van der Waals surface area contributed by atoms with Crippen LogP contribution in [0.4, 0.5) is 4.79 Å². The normalized spacial score (nSPS) is 30.6. The van der Waals surface area contributed by atoms with Gasteiger partial charge in [0.1, 0.15) is 12.2 Å². The van der Waals surface area contributed by atoms with E-state index in [1.165, 1.54) is 26.4 Å². The van der Waals surface area contributed by atoms with Gasteiger partial charge in [-0.1, -0.05) is 38.2 Å². The molecule has 13 heteroatoms.